The Labute approximate surface area is 111 Å². The maximum Gasteiger partial charge on any atom is 0.253 e. The minimum atomic E-state index is -0.666. The summed E-state index contributed by atoms with van der Waals surface area (Å²) in [6, 6.07) is 1.29. The molecule has 1 aliphatic rings. The Bertz CT molecular complexity index is 453. The highest BCUT2D eigenvalue weighted by Crippen LogP contribution is 2.24. The molecule has 5 heteroatoms. The highest BCUT2D eigenvalue weighted by atomic mass is 35.5. The summed E-state index contributed by atoms with van der Waals surface area (Å²) >= 11 is 5.48. The molecule has 0 aliphatic heterocycles. The number of halogens is 2. The molecule has 18 heavy (non-hydrogen) atoms. The number of rotatable bonds is 2. The van der Waals surface area contributed by atoms with Crippen molar-refractivity contribution >= 4 is 17.5 Å². The Kier molecular flexibility index (Phi) is 4.17. The number of pyridine rings is 1. The van der Waals surface area contributed by atoms with Crippen molar-refractivity contribution in [3.8, 4) is 0 Å². The summed E-state index contributed by atoms with van der Waals surface area (Å²) in [6.07, 6.45) is 5.75. The topological polar surface area (TPSA) is 42.0 Å². The largest absolute Gasteiger partial charge is 0.349 e. The second-order valence-corrected chi connectivity index (χ2v) is 5.20. The molecule has 1 N–H and O–H groups in total. The average Bonchev–Trinajstić information content (AvgIpc) is 2.35. The third-order valence-electron chi connectivity index (χ3n) is 3.49. The van der Waals surface area contributed by atoms with Crippen molar-refractivity contribution in [3.63, 3.8) is 0 Å². The first-order valence-corrected chi connectivity index (χ1v) is 6.57. The van der Waals surface area contributed by atoms with E-state index in [1.807, 2.05) is 0 Å². The van der Waals surface area contributed by atoms with Crippen LogP contribution in [0.3, 0.4) is 0 Å². The van der Waals surface area contributed by atoms with Gasteiger partial charge in [-0.05, 0) is 24.8 Å². The maximum atomic E-state index is 13.2. The SMILES string of the molecule is CC1CCCCC1NC(=O)c1cnc(Cl)c(F)c1. The highest BCUT2D eigenvalue weighted by molar-refractivity contribution is 6.29. The molecule has 1 fully saturated rings. The normalized spacial score (nSPS) is 23.7. The predicted molar refractivity (Wildman–Crippen MR) is 68.1 cm³/mol. The molecule has 3 nitrogen and oxygen atoms in total. The number of hydrogen-bond acceptors (Lipinski definition) is 2. The molecular weight excluding hydrogens is 255 g/mol. The Morgan fingerprint density at radius 2 is 2.22 bits per heavy atom. The predicted octanol–water partition coefficient (Wildman–Crippen LogP) is 3.18. The summed E-state index contributed by atoms with van der Waals surface area (Å²) in [5.74, 6) is -0.481. The summed E-state index contributed by atoms with van der Waals surface area (Å²) in [4.78, 5) is 15.6. The zero-order chi connectivity index (χ0) is 13.1. The van der Waals surface area contributed by atoms with Gasteiger partial charge in [0.05, 0.1) is 5.56 Å². The van der Waals surface area contributed by atoms with Crippen LogP contribution in [0.2, 0.25) is 5.15 Å². The number of amides is 1. The minimum absolute atomic E-state index is 0.171. The molecule has 98 valence electrons. The average molecular weight is 271 g/mol. The van der Waals surface area contributed by atoms with E-state index >= 15 is 0 Å². The van der Waals surface area contributed by atoms with Crippen LogP contribution in [0.15, 0.2) is 12.3 Å². The van der Waals surface area contributed by atoms with E-state index in [0.717, 1.165) is 25.3 Å². The summed E-state index contributed by atoms with van der Waals surface area (Å²) < 4.78 is 13.2. The van der Waals surface area contributed by atoms with Crippen molar-refractivity contribution in [1.29, 1.82) is 0 Å². The Morgan fingerprint density at radius 3 is 2.89 bits per heavy atom. The van der Waals surface area contributed by atoms with Crippen molar-refractivity contribution in [3.05, 3.63) is 28.8 Å². The van der Waals surface area contributed by atoms with Gasteiger partial charge in [-0.3, -0.25) is 4.79 Å². The molecule has 1 aromatic rings. The fourth-order valence-electron chi connectivity index (χ4n) is 2.33. The molecule has 1 aliphatic carbocycles. The highest BCUT2D eigenvalue weighted by Gasteiger charge is 2.23. The lowest BCUT2D eigenvalue weighted by molar-refractivity contribution is 0.0909. The Morgan fingerprint density at radius 1 is 1.50 bits per heavy atom. The molecule has 0 saturated heterocycles. The molecule has 1 saturated carbocycles. The van der Waals surface area contributed by atoms with E-state index in [1.54, 1.807) is 0 Å². The monoisotopic (exact) mass is 270 g/mol. The van der Waals surface area contributed by atoms with Gasteiger partial charge in [-0.25, -0.2) is 9.37 Å². The quantitative estimate of drug-likeness (QED) is 0.839. The van der Waals surface area contributed by atoms with Crippen LogP contribution in [-0.4, -0.2) is 16.9 Å². The van der Waals surface area contributed by atoms with E-state index in [1.165, 1.54) is 12.6 Å². The van der Waals surface area contributed by atoms with Crippen LogP contribution in [0.5, 0.6) is 0 Å². The molecule has 2 unspecified atom stereocenters. The molecule has 0 bridgehead atoms. The first kappa shape index (κ1) is 13.3. The first-order chi connectivity index (χ1) is 8.58. The molecule has 2 atom stereocenters. The number of nitrogens with one attached hydrogen (secondary N) is 1. The number of hydrogen-bond donors (Lipinski definition) is 1. The maximum absolute atomic E-state index is 13.2. The van der Waals surface area contributed by atoms with Crippen LogP contribution in [-0.2, 0) is 0 Å². The third-order valence-corrected chi connectivity index (χ3v) is 3.76. The van der Waals surface area contributed by atoms with E-state index < -0.39 is 5.82 Å². The lowest BCUT2D eigenvalue weighted by atomic mass is 9.86. The van der Waals surface area contributed by atoms with Crippen molar-refractivity contribution in [2.45, 2.75) is 38.6 Å². The van der Waals surface area contributed by atoms with Crippen LogP contribution in [0.1, 0.15) is 43.0 Å². The lowest BCUT2D eigenvalue weighted by Gasteiger charge is -2.29. The standard InChI is InChI=1S/C13H16ClFN2O/c1-8-4-2-3-5-11(8)17-13(18)9-6-10(15)12(14)16-7-9/h6-8,11H,2-5H2,1H3,(H,17,18). The molecule has 0 aromatic carbocycles. The van der Waals surface area contributed by atoms with E-state index in [0.29, 0.717) is 5.92 Å². The van der Waals surface area contributed by atoms with Gasteiger partial charge in [0, 0.05) is 12.2 Å². The van der Waals surface area contributed by atoms with Crippen LogP contribution in [0.4, 0.5) is 4.39 Å². The summed E-state index contributed by atoms with van der Waals surface area (Å²) in [7, 11) is 0. The van der Waals surface area contributed by atoms with Gasteiger partial charge in [0.15, 0.2) is 11.0 Å². The molecular formula is C13H16ClFN2O. The van der Waals surface area contributed by atoms with Gasteiger partial charge < -0.3 is 5.32 Å². The van der Waals surface area contributed by atoms with Gasteiger partial charge in [0.2, 0.25) is 0 Å². The van der Waals surface area contributed by atoms with E-state index in [-0.39, 0.29) is 22.7 Å². The van der Waals surface area contributed by atoms with Gasteiger partial charge in [0.25, 0.3) is 5.91 Å². The van der Waals surface area contributed by atoms with Crippen molar-refractivity contribution in [2.24, 2.45) is 5.92 Å². The van der Waals surface area contributed by atoms with Gasteiger partial charge >= 0.3 is 0 Å². The molecule has 2 rings (SSSR count). The zero-order valence-electron chi connectivity index (χ0n) is 10.2. The van der Waals surface area contributed by atoms with Crippen LogP contribution in [0, 0.1) is 11.7 Å². The molecule has 1 aromatic heterocycles. The zero-order valence-corrected chi connectivity index (χ0v) is 11.0. The van der Waals surface area contributed by atoms with E-state index in [9.17, 15) is 9.18 Å². The van der Waals surface area contributed by atoms with Gasteiger partial charge in [0.1, 0.15) is 0 Å². The second-order valence-electron chi connectivity index (χ2n) is 4.84. The minimum Gasteiger partial charge on any atom is -0.349 e. The van der Waals surface area contributed by atoms with E-state index in [2.05, 4.69) is 17.2 Å². The fourth-order valence-corrected chi connectivity index (χ4v) is 2.43. The fraction of sp³-hybridized carbons (Fsp3) is 0.538. The van der Waals surface area contributed by atoms with Gasteiger partial charge in [-0.2, -0.15) is 0 Å². The number of carbonyl (C=O) groups is 1. The van der Waals surface area contributed by atoms with Crippen LogP contribution in [0.25, 0.3) is 0 Å². The van der Waals surface area contributed by atoms with Crippen molar-refractivity contribution < 1.29 is 9.18 Å². The molecule has 0 spiro atoms. The van der Waals surface area contributed by atoms with Crippen molar-refractivity contribution in [2.75, 3.05) is 0 Å². The smallest absolute Gasteiger partial charge is 0.253 e. The first-order valence-electron chi connectivity index (χ1n) is 6.20. The van der Waals surface area contributed by atoms with Crippen LogP contribution >= 0.6 is 11.6 Å². The van der Waals surface area contributed by atoms with Crippen LogP contribution < -0.4 is 5.32 Å². The number of nitrogens with zero attached hydrogens (tertiary/aromatic N) is 1. The molecule has 0 radical (unpaired) electrons. The molecule has 1 amide bonds. The summed E-state index contributed by atoms with van der Waals surface area (Å²) in [6.45, 7) is 2.13. The van der Waals surface area contributed by atoms with Gasteiger partial charge in [-0.1, -0.05) is 31.4 Å². The number of carbonyl (C=O) groups excluding carboxylic acids is 1. The Hall–Kier alpha value is -1.16. The third kappa shape index (κ3) is 2.99. The number of aromatic nitrogens is 1. The second kappa shape index (κ2) is 5.65. The van der Waals surface area contributed by atoms with E-state index in [4.69, 9.17) is 11.6 Å². The van der Waals surface area contributed by atoms with Crippen molar-refractivity contribution in [1.82, 2.24) is 10.3 Å². The summed E-state index contributed by atoms with van der Waals surface area (Å²) in [5.41, 5.74) is 0.217. The van der Waals surface area contributed by atoms with Gasteiger partial charge in [-0.15, -0.1) is 0 Å². The summed E-state index contributed by atoms with van der Waals surface area (Å²) in [5, 5.41) is 2.73. The Balaban J connectivity index is 2.04. The molecule has 1 heterocycles. The lowest BCUT2D eigenvalue weighted by Crippen LogP contribution is -2.41.